The van der Waals surface area contributed by atoms with Crippen molar-refractivity contribution >= 4 is 23.4 Å². The zero-order valence-electron chi connectivity index (χ0n) is 16.7. The van der Waals surface area contributed by atoms with Crippen molar-refractivity contribution in [3.63, 3.8) is 0 Å². The van der Waals surface area contributed by atoms with Crippen molar-refractivity contribution in [1.82, 2.24) is 10.6 Å². The Bertz CT molecular complexity index is 1040. The smallest absolute Gasteiger partial charge is 0.258 e. The SMILES string of the molecule is O=C(COc1ccc(Cl)c(F)c1)NC12CC(C1)C(NC(=O)C1COc3ccccc31)C2. The Morgan fingerprint density at radius 2 is 2.00 bits per heavy atom. The molecular formula is C23H22ClFN2O4. The van der Waals surface area contributed by atoms with Crippen LogP contribution in [0, 0.1) is 11.7 Å². The summed E-state index contributed by atoms with van der Waals surface area (Å²) in [5.41, 5.74) is 0.613. The number of nitrogens with one attached hydrogen (secondary N) is 2. The molecule has 162 valence electrons. The number of ether oxygens (including phenoxy) is 2. The second kappa shape index (κ2) is 7.71. The first-order valence-electron chi connectivity index (χ1n) is 10.3. The molecule has 8 heteroatoms. The number of para-hydroxylation sites is 1. The van der Waals surface area contributed by atoms with Crippen molar-refractivity contribution in [2.75, 3.05) is 13.2 Å². The summed E-state index contributed by atoms with van der Waals surface area (Å²) >= 11 is 5.65. The molecule has 2 amide bonds. The van der Waals surface area contributed by atoms with Crippen LogP contribution >= 0.6 is 11.6 Å². The van der Waals surface area contributed by atoms with Gasteiger partial charge in [0.1, 0.15) is 29.8 Å². The van der Waals surface area contributed by atoms with E-state index in [1.54, 1.807) is 0 Å². The van der Waals surface area contributed by atoms with Gasteiger partial charge in [0.25, 0.3) is 5.91 Å². The summed E-state index contributed by atoms with van der Waals surface area (Å²) in [5, 5.41) is 6.21. The summed E-state index contributed by atoms with van der Waals surface area (Å²) in [4.78, 5) is 25.2. The van der Waals surface area contributed by atoms with Gasteiger partial charge in [0.05, 0.1) is 5.02 Å². The molecule has 2 aromatic rings. The summed E-state index contributed by atoms with van der Waals surface area (Å²) in [5.74, 6) is 0.181. The van der Waals surface area contributed by atoms with Gasteiger partial charge < -0.3 is 20.1 Å². The Morgan fingerprint density at radius 3 is 2.81 bits per heavy atom. The Hall–Kier alpha value is -2.80. The highest BCUT2D eigenvalue weighted by atomic mass is 35.5. The van der Waals surface area contributed by atoms with E-state index >= 15 is 0 Å². The molecule has 0 radical (unpaired) electrons. The molecule has 3 aliphatic carbocycles. The highest BCUT2D eigenvalue weighted by Crippen LogP contribution is 2.52. The van der Waals surface area contributed by atoms with Crippen molar-refractivity contribution in [3.05, 3.63) is 58.9 Å². The zero-order valence-corrected chi connectivity index (χ0v) is 17.5. The van der Waals surface area contributed by atoms with E-state index in [2.05, 4.69) is 10.6 Å². The van der Waals surface area contributed by atoms with Crippen molar-refractivity contribution in [1.29, 1.82) is 0 Å². The number of fused-ring (bicyclic) bond motifs is 2. The number of carbonyl (C=O) groups excluding carboxylic acids is 2. The zero-order chi connectivity index (χ0) is 21.6. The molecule has 4 aliphatic rings. The van der Waals surface area contributed by atoms with Crippen molar-refractivity contribution in [2.45, 2.75) is 36.8 Å². The molecule has 1 aliphatic heterocycles. The van der Waals surface area contributed by atoms with Crippen LogP contribution in [0.3, 0.4) is 0 Å². The minimum Gasteiger partial charge on any atom is -0.492 e. The molecule has 2 aromatic carbocycles. The molecule has 2 bridgehead atoms. The molecule has 31 heavy (non-hydrogen) atoms. The first-order chi connectivity index (χ1) is 14.9. The van der Waals surface area contributed by atoms with E-state index < -0.39 is 5.82 Å². The molecular weight excluding hydrogens is 423 g/mol. The van der Waals surface area contributed by atoms with Crippen LogP contribution in [0.25, 0.3) is 0 Å². The minimum absolute atomic E-state index is 0.00268. The maximum absolute atomic E-state index is 13.5. The van der Waals surface area contributed by atoms with Crippen LogP contribution in [0.1, 0.15) is 30.7 Å². The lowest BCUT2D eigenvalue weighted by atomic mass is 9.76. The minimum atomic E-state index is -0.593. The quantitative estimate of drug-likeness (QED) is 0.717. The number of hydrogen-bond donors (Lipinski definition) is 2. The number of carbonyl (C=O) groups is 2. The van der Waals surface area contributed by atoms with Crippen LogP contribution in [-0.2, 0) is 9.59 Å². The number of benzene rings is 2. The fraction of sp³-hybridized carbons (Fsp3) is 0.391. The van der Waals surface area contributed by atoms with Crippen LogP contribution in [0.4, 0.5) is 4.39 Å². The van der Waals surface area contributed by atoms with Crippen molar-refractivity contribution < 1.29 is 23.5 Å². The lowest BCUT2D eigenvalue weighted by Crippen LogP contribution is -2.53. The first kappa shape index (κ1) is 20.1. The van der Waals surface area contributed by atoms with Crippen LogP contribution in [0.2, 0.25) is 5.02 Å². The third-order valence-corrected chi connectivity index (χ3v) is 6.80. The predicted molar refractivity (Wildman–Crippen MR) is 112 cm³/mol. The van der Waals surface area contributed by atoms with E-state index in [-0.39, 0.29) is 46.7 Å². The van der Waals surface area contributed by atoms with Gasteiger partial charge in [-0.25, -0.2) is 4.39 Å². The highest BCUT2D eigenvalue weighted by Gasteiger charge is 2.57. The van der Waals surface area contributed by atoms with Gasteiger partial charge in [-0.3, -0.25) is 9.59 Å². The molecule has 2 unspecified atom stereocenters. The van der Waals surface area contributed by atoms with Gasteiger partial charge in [0, 0.05) is 23.2 Å². The van der Waals surface area contributed by atoms with Gasteiger partial charge >= 0.3 is 0 Å². The molecule has 2 atom stereocenters. The third kappa shape index (κ3) is 3.83. The van der Waals surface area contributed by atoms with E-state index in [0.29, 0.717) is 18.9 Å². The summed E-state index contributed by atoms with van der Waals surface area (Å²) < 4.78 is 24.5. The summed E-state index contributed by atoms with van der Waals surface area (Å²) in [6.07, 6.45) is 2.36. The van der Waals surface area contributed by atoms with Crippen molar-refractivity contribution in [2.24, 2.45) is 5.92 Å². The standard InChI is InChI=1S/C23H22ClFN2O4/c24-17-6-5-14(7-18(17)25)30-12-21(28)27-23-8-13(9-23)19(10-23)26-22(29)16-11-31-20-4-2-1-3-15(16)20/h1-7,13,16,19H,8-12H2,(H,26,29)(H,27,28). The summed E-state index contributed by atoms with van der Waals surface area (Å²) in [7, 11) is 0. The van der Waals surface area contributed by atoms with Gasteiger partial charge in [-0.1, -0.05) is 29.8 Å². The molecule has 0 aromatic heterocycles. The Labute approximate surface area is 184 Å². The van der Waals surface area contributed by atoms with Crippen LogP contribution in [-0.4, -0.2) is 36.6 Å². The highest BCUT2D eigenvalue weighted by molar-refractivity contribution is 6.30. The van der Waals surface area contributed by atoms with E-state index in [4.69, 9.17) is 21.1 Å². The van der Waals surface area contributed by atoms with E-state index in [0.717, 1.165) is 30.2 Å². The maximum Gasteiger partial charge on any atom is 0.258 e. The monoisotopic (exact) mass is 444 g/mol. The summed E-state index contributed by atoms with van der Waals surface area (Å²) in [6.45, 7) is 0.147. The van der Waals surface area contributed by atoms with Crippen LogP contribution < -0.4 is 20.1 Å². The van der Waals surface area contributed by atoms with Gasteiger partial charge in [-0.2, -0.15) is 0 Å². The molecule has 3 saturated carbocycles. The largest absolute Gasteiger partial charge is 0.492 e. The second-order valence-electron chi connectivity index (χ2n) is 8.58. The predicted octanol–water partition coefficient (Wildman–Crippen LogP) is 3.19. The molecule has 0 saturated heterocycles. The van der Waals surface area contributed by atoms with Gasteiger partial charge in [0.15, 0.2) is 6.61 Å². The lowest BCUT2D eigenvalue weighted by molar-refractivity contribution is -0.126. The molecule has 6 nitrogen and oxygen atoms in total. The molecule has 6 rings (SSSR count). The van der Waals surface area contributed by atoms with E-state index in [1.165, 1.54) is 12.1 Å². The summed E-state index contributed by atoms with van der Waals surface area (Å²) in [6, 6.07) is 11.7. The normalized spacial score (nSPS) is 27.6. The fourth-order valence-corrected chi connectivity index (χ4v) is 5.13. The van der Waals surface area contributed by atoms with Crippen LogP contribution in [0.15, 0.2) is 42.5 Å². The topological polar surface area (TPSA) is 76.7 Å². The van der Waals surface area contributed by atoms with Crippen molar-refractivity contribution in [3.8, 4) is 11.5 Å². The third-order valence-electron chi connectivity index (χ3n) is 6.50. The lowest BCUT2D eigenvalue weighted by Gasteiger charge is -2.39. The average molecular weight is 445 g/mol. The molecule has 0 spiro atoms. The Kier molecular flexibility index (Phi) is 5.01. The second-order valence-corrected chi connectivity index (χ2v) is 8.99. The van der Waals surface area contributed by atoms with Gasteiger partial charge in [-0.15, -0.1) is 0 Å². The van der Waals surface area contributed by atoms with Gasteiger partial charge in [-0.05, 0) is 43.4 Å². The Morgan fingerprint density at radius 1 is 1.19 bits per heavy atom. The number of amides is 2. The number of hydrogen-bond acceptors (Lipinski definition) is 4. The number of rotatable bonds is 6. The molecule has 3 fully saturated rings. The van der Waals surface area contributed by atoms with E-state index in [9.17, 15) is 14.0 Å². The molecule has 1 heterocycles. The number of halogens is 2. The van der Waals surface area contributed by atoms with Gasteiger partial charge in [0.2, 0.25) is 5.91 Å². The Balaban J connectivity index is 1.13. The van der Waals surface area contributed by atoms with Crippen LogP contribution in [0.5, 0.6) is 11.5 Å². The fourth-order valence-electron chi connectivity index (χ4n) is 5.02. The van der Waals surface area contributed by atoms with E-state index in [1.807, 2.05) is 24.3 Å². The molecule has 2 N–H and O–H groups in total. The first-order valence-corrected chi connectivity index (χ1v) is 10.7. The maximum atomic E-state index is 13.5. The average Bonchev–Trinajstić information content (AvgIpc) is 3.39.